The summed E-state index contributed by atoms with van der Waals surface area (Å²) in [6.07, 6.45) is 0. The van der Waals surface area contributed by atoms with Crippen LogP contribution in [0.15, 0.2) is 40.8 Å². The molecule has 0 spiro atoms. The van der Waals surface area contributed by atoms with Crippen molar-refractivity contribution in [2.24, 2.45) is 0 Å². The molecule has 1 aromatic heterocycles. The first-order valence-electron chi connectivity index (χ1n) is 4.95. The number of furan rings is 1. The summed E-state index contributed by atoms with van der Waals surface area (Å²) in [6.45, 7) is 0. The van der Waals surface area contributed by atoms with Crippen LogP contribution in [-0.4, -0.2) is 0 Å². The molecule has 3 heteroatoms. The lowest BCUT2D eigenvalue weighted by Crippen LogP contribution is -1.77. The van der Waals surface area contributed by atoms with E-state index in [9.17, 15) is 0 Å². The number of halogens is 2. The molecule has 3 aromatic rings. The Labute approximate surface area is 106 Å². The molecule has 0 saturated heterocycles. The van der Waals surface area contributed by atoms with Gasteiger partial charge in [0.25, 0.3) is 0 Å². The van der Waals surface area contributed by atoms with Crippen molar-refractivity contribution in [2.45, 2.75) is 5.33 Å². The first-order chi connectivity index (χ1) is 7.79. The molecule has 16 heavy (non-hydrogen) atoms. The summed E-state index contributed by atoms with van der Waals surface area (Å²) in [6, 6.07) is 11.8. The van der Waals surface area contributed by atoms with E-state index >= 15 is 0 Å². The predicted molar refractivity (Wildman–Crippen MR) is 71.4 cm³/mol. The Hall–Kier alpha value is -0.990. The zero-order valence-electron chi connectivity index (χ0n) is 8.34. The molecule has 0 amide bonds. The highest BCUT2D eigenvalue weighted by atomic mass is 79.9. The molecule has 2 aromatic carbocycles. The van der Waals surface area contributed by atoms with Gasteiger partial charge in [-0.2, -0.15) is 0 Å². The Morgan fingerprint density at radius 3 is 2.81 bits per heavy atom. The predicted octanol–water partition coefficient (Wildman–Crippen LogP) is 5.13. The van der Waals surface area contributed by atoms with Crippen molar-refractivity contribution in [3.63, 3.8) is 0 Å². The van der Waals surface area contributed by atoms with Crippen LogP contribution in [0.4, 0.5) is 0 Å². The lowest BCUT2D eigenvalue weighted by molar-refractivity contribution is 0.669. The molecule has 0 bridgehead atoms. The van der Waals surface area contributed by atoms with Gasteiger partial charge in [0.1, 0.15) is 11.2 Å². The van der Waals surface area contributed by atoms with Crippen LogP contribution in [0, 0.1) is 0 Å². The maximum atomic E-state index is 6.02. The number of rotatable bonds is 1. The average Bonchev–Trinajstić information content (AvgIpc) is 2.66. The van der Waals surface area contributed by atoms with Gasteiger partial charge < -0.3 is 4.42 Å². The Morgan fingerprint density at radius 2 is 2.00 bits per heavy atom. The van der Waals surface area contributed by atoms with Gasteiger partial charge in [-0.25, -0.2) is 0 Å². The summed E-state index contributed by atoms with van der Waals surface area (Å²) < 4.78 is 5.77. The van der Waals surface area contributed by atoms with E-state index in [1.807, 2.05) is 30.3 Å². The van der Waals surface area contributed by atoms with Gasteiger partial charge in [-0.1, -0.05) is 39.7 Å². The molecule has 0 unspecified atom stereocenters. The van der Waals surface area contributed by atoms with E-state index in [2.05, 4.69) is 22.0 Å². The van der Waals surface area contributed by atoms with Crippen LogP contribution in [0.1, 0.15) is 5.56 Å². The fourth-order valence-electron chi connectivity index (χ4n) is 1.98. The minimum absolute atomic E-state index is 0.736. The topological polar surface area (TPSA) is 13.1 Å². The highest BCUT2D eigenvalue weighted by Crippen LogP contribution is 2.33. The molecule has 1 heterocycles. The maximum absolute atomic E-state index is 6.02. The molecular weight excluding hydrogens is 287 g/mol. The smallest absolute Gasteiger partial charge is 0.135 e. The second-order valence-corrected chi connectivity index (χ2v) is 4.66. The van der Waals surface area contributed by atoms with Crippen LogP contribution in [0.2, 0.25) is 5.02 Å². The quantitative estimate of drug-likeness (QED) is 0.567. The second kappa shape index (κ2) is 3.79. The molecule has 0 aliphatic rings. The largest absolute Gasteiger partial charge is 0.456 e. The minimum atomic E-state index is 0.736. The van der Waals surface area contributed by atoms with Gasteiger partial charge in [0.15, 0.2) is 0 Å². The number of fused-ring (bicyclic) bond motifs is 3. The van der Waals surface area contributed by atoms with E-state index in [1.54, 1.807) is 0 Å². The van der Waals surface area contributed by atoms with E-state index in [-0.39, 0.29) is 0 Å². The lowest BCUT2D eigenvalue weighted by Gasteiger charge is -1.97. The molecule has 0 radical (unpaired) electrons. The minimum Gasteiger partial charge on any atom is -0.456 e. The fraction of sp³-hybridized carbons (Fsp3) is 0.0769. The highest BCUT2D eigenvalue weighted by Gasteiger charge is 2.10. The van der Waals surface area contributed by atoms with Gasteiger partial charge in [-0.15, -0.1) is 0 Å². The highest BCUT2D eigenvalue weighted by molar-refractivity contribution is 9.08. The molecule has 0 aliphatic heterocycles. The number of alkyl halides is 1. The molecule has 3 rings (SSSR count). The van der Waals surface area contributed by atoms with Gasteiger partial charge in [-0.3, -0.25) is 0 Å². The van der Waals surface area contributed by atoms with Crippen molar-refractivity contribution < 1.29 is 4.42 Å². The average molecular weight is 296 g/mol. The zero-order chi connectivity index (χ0) is 11.1. The van der Waals surface area contributed by atoms with E-state index in [0.29, 0.717) is 0 Å². The zero-order valence-corrected chi connectivity index (χ0v) is 10.7. The summed E-state index contributed by atoms with van der Waals surface area (Å²) >= 11 is 9.51. The Balaban J connectivity index is 2.54. The molecule has 1 nitrogen and oxygen atoms in total. The molecule has 80 valence electrons. The summed E-state index contributed by atoms with van der Waals surface area (Å²) in [7, 11) is 0. The number of benzene rings is 2. The van der Waals surface area contributed by atoms with Gasteiger partial charge >= 0.3 is 0 Å². The maximum Gasteiger partial charge on any atom is 0.135 e. The van der Waals surface area contributed by atoms with Crippen LogP contribution in [0.5, 0.6) is 0 Å². The standard InChI is InChI=1S/C13H8BrClO/c14-7-8-2-1-3-12-13(8)10-6-9(15)4-5-11(10)16-12/h1-6H,7H2. The van der Waals surface area contributed by atoms with Crippen molar-refractivity contribution in [3.8, 4) is 0 Å². The van der Waals surface area contributed by atoms with E-state index in [1.165, 1.54) is 5.56 Å². The SMILES string of the molecule is Clc1ccc2oc3cccc(CBr)c3c2c1. The van der Waals surface area contributed by atoms with Crippen LogP contribution >= 0.6 is 27.5 Å². The van der Waals surface area contributed by atoms with E-state index in [4.69, 9.17) is 16.0 Å². The van der Waals surface area contributed by atoms with Gasteiger partial charge in [0, 0.05) is 21.1 Å². The Kier molecular flexibility index (Phi) is 2.41. The summed E-state index contributed by atoms with van der Waals surface area (Å²) in [5.74, 6) is 0. The number of hydrogen-bond acceptors (Lipinski definition) is 1. The molecule has 0 fully saturated rings. The Morgan fingerprint density at radius 1 is 1.12 bits per heavy atom. The van der Waals surface area contributed by atoms with Crippen LogP contribution < -0.4 is 0 Å². The molecule has 0 aliphatic carbocycles. The van der Waals surface area contributed by atoms with Crippen molar-refractivity contribution in [1.29, 1.82) is 0 Å². The molecule has 0 N–H and O–H groups in total. The summed E-state index contributed by atoms with van der Waals surface area (Å²) in [4.78, 5) is 0. The van der Waals surface area contributed by atoms with E-state index < -0.39 is 0 Å². The number of hydrogen-bond donors (Lipinski definition) is 0. The van der Waals surface area contributed by atoms with Crippen molar-refractivity contribution >= 4 is 49.5 Å². The van der Waals surface area contributed by atoms with Crippen molar-refractivity contribution in [3.05, 3.63) is 47.0 Å². The van der Waals surface area contributed by atoms with Gasteiger partial charge in [0.2, 0.25) is 0 Å². The second-order valence-electron chi connectivity index (χ2n) is 3.67. The van der Waals surface area contributed by atoms with Gasteiger partial charge in [0.05, 0.1) is 0 Å². The summed E-state index contributed by atoms with van der Waals surface area (Å²) in [5.41, 5.74) is 3.01. The van der Waals surface area contributed by atoms with Crippen molar-refractivity contribution in [1.82, 2.24) is 0 Å². The normalized spacial score (nSPS) is 11.4. The fourth-order valence-corrected chi connectivity index (χ4v) is 2.62. The molecular formula is C13H8BrClO. The lowest BCUT2D eigenvalue weighted by atomic mass is 10.1. The first kappa shape index (κ1) is 10.2. The Bertz CT molecular complexity index is 672. The summed E-state index contributed by atoms with van der Waals surface area (Å²) in [5, 5.41) is 3.78. The van der Waals surface area contributed by atoms with Crippen molar-refractivity contribution in [2.75, 3.05) is 0 Å². The molecule has 0 saturated carbocycles. The third-order valence-electron chi connectivity index (χ3n) is 2.69. The van der Waals surface area contributed by atoms with Crippen LogP contribution in [0.25, 0.3) is 21.9 Å². The third kappa shape index (κ3) is 1.45. The van der Waals surface area contributed by atoms with E-state index in [0.717, 1.165) is 32.3 Å². The third-order valence-corrected chi connectivity index (χ3v) is 3.53. The first-order valence-corrected chi connectivity index (χ1v) is 6.45. The molecule has 0 atom stereocenters. The van der Waals surface area contributed by atoms with Crippen LogP contribution in [0.3, 0.4) is 0 Å². The van der Waals surface area contributed by atoms with Crippen LogP contribution in [-0.2, 0) is 5.33 Å². The monoisotopic (exact) mass is 294 g/mol. The van der Waals surface area contributed by atoms with Gasteiger partial charge in [-0.05, 0) is 29.8 Å².